The largest absolute Gasteiger partial charge is 0.336 e. The first kappa shape index (κ1) is 17.1. The lowest BCUT2D eigenvalue weighted by molar-refractivity contribution is 0.380. The lowest BCUT2D eigenvalue weighted by Crippen LogP contribution is -2.09. The Morgan fingerprint density at radius 3 is 2.64 bits per heavy atom. The van der Waals surface area contributed by atoms with E-state index in [1.807, 2.05) is 13.2 Å². The van der Waals surface area contributed by atoms with Gasteiger partial charge in [-0.05, 0) is 30.7 Å². The van der Waals surface area contributed by atoms with Crippen LogP contribution in [0.2, 0.25) is 0 Å². The number of aryl methyl sites for hydroxylation is 1. The topological polar surface area (TPSA) is 95.7 Å². The SMILES string of the molecule is Cn1cc(-c2noc(-c3cc(C4CC4)nc4onc(CC(C)(C)C)c34)n2)cn1. The molecular weight excluding hydrogens is 356 g/mol. The van der Waals surface area contributed by atoms with Gasteiger partial charge in [-0.2, -0.15) is 10.1 Å². The molecule has 1 aliphatic rings. The zero-order valence-electron chi connectivity index (χ0n) is 16.4. The summed E-state index contributed by atoms with van der Waals surface area (Å²) in [7, 11) is 1.86. The van der Waals surface area contributed by atoms with Crippen LogP contribution in [0.1, 0.15) is 50.9 Å². The van der Waals surface area contributed by atoms with Gasteiger partial charge in [0.15, 0.2) is 0 Å². The third-order valence-corrected chi connectivity index (χ3v) is 4.85. The first-order chi connectivity index (χ1) is 13.4. The molecule has 0 saturated heterocycles. The number of pyridine rings is 1. The van der Waals surface area contributed by atoms with Crippen LogP contribution in [0.4, 0.5) is 0 Å². The van der Waals surface area contributed by atoms with Gasteiger partial charge in [-0.15, -0.1) is 0 Å². The van der Waals surface area contributed by atoms with Crippen molar-refractivity contribution in [1.29, 1.82) is 0 Å². The zero-order valence-corrected chi connectivity index (χ0v) is 16.4. The summed E-state index contributed by atoms with van der Waals surface area (Å²) in [4.78, 5) is 9.33. The average molecular weight is 378 g/mol. The molecule has 8 heteroatoms. The predicted molar refractivity (Wildman–Crippen MR) is 102 cm³/mol. The van der Waals surface area contributed by atoms with Crippen LogP contribution in [0, 0.1) is 5.41 Å². The summed E-state index contributed by atoms with van der Waals surface area (Å²) in [6.45, 7) is 6.52. The quantitative estimate of drug-likeness (QED) is 0.526. The van der Waals surface area contributed by atoms with Gasteiger partial charge < -0.3 is 9.05 Å². The van der Waals surface area contributed by atoms with Crippen molar-refractivity contribution in [2.24, 2.45) is 12.5 Å². The fourth-order valence-electron chi connectivity index (χ4n) is 3.40. The van der Waals surface area contributed by atoms with E-state index in [2.05, 4.69) is 47.2 Å². The Balaban J connectivity index is 1.66. The molecule has 4 heterocycles. The minimum atomic E-state index is 0.0615. The number of rotatable bonds is 4. The van der Waals surface area contributed by atoms with Gasteiger partial charge in [-0.25, -0.2) is 4.98 Å². The summed E-state index contributed by atoms with van der Waals surface area (Å²) in [5.41, 5.74) is 4.13. The van der Waals surface area contributed by atoms with Crippen molar-refractivity contribution >= 4 is 11.1 Å². The van der Waals surface area contributed by atoms with Crippen molar-refractivity contribution in [3.8, 4) is 22.8 Å². The van der Waals surface area contributed by atoms with Crippen LogP contribution >= 0.6 is 0 Å². The number of aromatic nitrogens is 6. The summed E-state index contributed by atoms with van der Waals surface area (Å²) in [5.74, 6) is 1.43. The van der Waals surface area contributed by atoms with E-state index in [0.29, 0.717) is 23.3 Å². The van der Waals surface area contributed by atoms with Crippen LogP contribution in [0.5, 0.6) is 0 Å². The number of hydrogen-bond donors (Lipinski definition) is 0. The highest BCUT2D eigenvalue weighted by molar-refractivity contribution is 5.92. The average Bonchev–Trinajstić information content (AvgIpc) is 3.01. The van der Waals surface area contributed by atoms with Crippen molar-refractivity contribution in [3.05, 3.63) is 29.8 Å². The van der Waals surface area contributed by atoms with Crippen molar-refractivity contribution in [2.45, 2.75) is 46.0 Å². The molecule has 8 nitrogen and oxygen atoms in total. The normalized spacial score (nSPS) is 14.9. The van der Waals surface area contributed by atoms with Gasteiger partial charge in [-0.3, -0.25) is 4.68 Å². The van der Waals surface area contributed by atoms with Crippen LogP contribution in [-0.2, 0) is 13.5 Å². The molecule has 1 saturated carbocycles. The third-order valence-electron chi connectivity index (χ3n) is 4.85. The minimum absolute atomic E-state index is 0.0615. The molecule has 0 radical (unpaired) electrons. The van der Waals surface area contributed by atoms with Gasteiger partial charge in [-0.1, -0.05) is 31.1 Å². The van der Waals surface area contributed by atoms with Crippen LogP contribution in [0.15, 0.2) is 27.5 Å². The van der Waals surface area contributed by atoms with Gasteiger partial charge >= 0.3 is 0 Å². The molecule has 0 amide bonds. The monoisotopic (exact) mass is 378 g/mol. The van der Waals surface area contributed by atoms with Gasteiger partial charge in [0.2, 0.25) is 5.82 Å². The van der Waals surface area contributed by atoms with E-state index < -0.39 is 0 Å². The van der Waals surface area contributed by atoms with Crippen LogP contribution in [-0.4, -0.2) is 30.1 Å². The van der Waals surface area contributed by atoms with Gasteiger partial charge in [0, 0.05) is 24.9 Å². The highest BCUT2D eigenvalue weighted by Crippen LogP contribution is 2.42. The van der Waals surface area contributed by atoms with Crippen LogP contribution in [0.25, 0.3) is 33.9 Å². The Morgan fingerprint density at radius 1 is 1.14 bits per heavy atom. The second-order valence-corrected chi connectivity index (χ2v) is 8.74. The fraction of sp³-hybridized carbons (Fsp3) is 0.450. The first-order valence-electron chi connectivity index (χ1n) is 9.50. The molecule has 0 aliphatic heterocycles. The minimum Gasteiger partial charge on any atom is -0.336 e. The van der Waals surface area contributed by atoms with Crippen molar-refractivity contribution in [1.82, 2.24) is 30.1 Å². The van der Waals surface area contributed by atoms with E-state index in [9.17, 15) is 0 Å². The lowest BCUT2D eigenvalue weighted by Gasteiger charge is -2.16. The highest BCUT2D eigenvalue weighted by atomic mass is 16.5. The van der Waals surface area contributed by atoms with Gasteiger partial charge in [0.1, 0.15) is 0 Å². The van der Waals surface area contributed by atoms with Crippen LogP contribution < -0.4 is 0 Å². The zero-order chi connectivity index (χ0) is 19.5. The Kier molecular flexibility index (Phi) is 3.65. The summed E-state index contributed by atoms with van der Waals surface area (Å²) in [6, 6.07) is 2.06. The Morgan fingerprint density at radius 2 is 1.96 bits per heavy atom. The predicted octanol–water partition coefficient (Wildman–Crippen LogP) is 4.14. The van der Waals surface area contributed by atoms with Crippen molar-refractivity contribution < 1.29 is 9.05 Å². The van der Waals surface area contributed by atoms with E-state index in [0.717, 1.165) is 47.2 Å². The molecule has 4 aromatic heterocycles. The summed E-state index contributed by atoms with van der Waals surface area (Å²) >= 11 is 0. The molecule has 1 fully saturated rings. The Labute approximate surface area is 161 Å². The van der Waals surface area contributed by atoms with E-state index in [-0.39, 0.29) is 5.41 Å². The van der Waals surface area contributed by atoms with Crippen molar-refractivity contribution in [2.75, 3.05) is 0 Å². The maximum absolute atomic E-state index is 5.64. The van der Waals surface area contributed by atoms with E-state index in [4.69, 9.17) is 14.0 Å². The summed E-state index contributed by atoms with van der Waals surface area (Å²) in [6.07, 6.45) is 6.63. The molecule has 0 aromatic carbocycles. The summed E-state index contributed by atoms with van der Waals surface area (Å²) in [5, 5.41) is 13.5. The second-order valence-electron chi connectivity index (χ2n) is 8.74. The molecule has 0 bridgehead atoms. The number of fused-ring (bicyclic) bond motifs is 1. The molecule has 0 unspecified atom stereocenters. The Hall–Kier alpha value is -3.03. The van der Waals surface area contributed by atoms with Gasteiger partial charge in [0.25, 0.3) is 11.6 Å². The molecule has 5 rings (SSSR count). The first-order valence-corrected chi connectivity index (χ1v) is 9.50. The molecule has 0 N–H and O–H groups in total. The smallest absolute Gasteiger partial charge is 0.259 e. The molecule has 144 valence electrons. The lowest BCUT2D eigenvalue weighted by atomic mass is 9.89. The molecule has 0 atom stereocenters. The second kappa shape index (κ2) is 5.98. The third kappa shape index (κ3) is 3.08. The molecule has 1 aliphatic carbocycles. The standard InChI is InChI=1S/C20H22N6O2/c1-20(2,3)8-15-16-13(7-14(11-5-6-11)22-19(16)28-24-15)18-23-17(25-27-18)12-9-21-26(4)10-12/h7,9-11H,5-6,8H2,1-4H3. The molecule has 28 heavy (non-hydrogen) atoms. The van der Waals surface area contributed by atoms with E-state index in [1.165, 1.54) is 0 Å². The molecule has 0 spiro atoms. The Bertz CT molecular complexity index is 1160. The van der Waals surface area contributed by atoms with E-state index >= 15 is 0 Å². The maximum atomic E-state index is 5.64. The maximum Gasteiger partial charge on any atom is 0.259 e. The summed E-state index contributed by atoms with van der Waals surface area (Å²) < 4.78 is 13.0. The number of hydrogen-bond acceptors (Lipinski definition) is 7. The molecular formula is C20H22N6O2. The fourth-order valence-corrected chi connectivity index (χ4v) is 3.40. The van der Waals surface area contributed by atoms with Crippen LogP contribution in [0.3, 0.4) is 0 Å². The van der Waals surface area contributed by atoms with E-state index in [1.54, 1.807) is 10.9 Å². The molecule has 4 aromatic rings. The van der Waals surface area contributed by atoms with Gasteiger partial charge in [0.05, 0.1) is 28.4 Å². The number of nitrogens with zero attached hydrogens (tertiary/aromatic N) is 6. The highest BCUT2D eigenvalue weighted by Gasteiger charge is 2.30. The van der Waals surface area contributed by atoms with Crippen molar-refractivity contribution in [3.63, 3.8) is 0 Å².